The zero-order valence-electron chi connectivity index (χ0n) is 29.0. The predicted octanol–water partition coefficient (Wildman–Crippen LogP) is 4.44. The summed E-state index contributed by atoms with van der Waals surface area (Å²) in [6.45, 7) is 0.952. The van der Waals surface area contributed by atoms with E-state index in [2.05, 4.69) is 15.6 Å². The first-order valence-corrected chi connectivity index (χ1v) is 17.3. The summed E-state index contributed by atoms with van der Waals surface area (Å²) >= 11 is 0. The van der Waals surface area contributed by atoms with E-state index >= 15 is 0 Å². The highest BCUT2D eigenvalue weighted by molar-refractivity contribution is 5.93. The van der Waals surface area contributed by atoms with Gasteiger partial charge in [0.05, 0.1) is 6.61 Å². The number of rotatable bonds is 16. The summed E-state index contributed by atoms with van der Waals surface area (Å²) < 4.78 is 33.8. The Bertz CT molecular complexity index is 1830. The molecule has 3 atom stereocenters. The quantitative estimate of drug-likeness (QED) is 0.130. The highest BCUT2D eigenvalue weighted by Crippen LogP contribution is 2.22. The van der Waals surface area contributed by atoms with Gasteiger partial charge in [-0.1, -0.05) is 60.7 Å². The Labute approximate surface area is 302 Å². The first kappa shape index (κ1) is 37.7. The fourth-order valence-electron chi connectivity index (χ4n) is 6.21. The number of benzene rings is 3. The van der Waals surface area contributed by atoms with Crippen LogP contribution in [0.5, 0.6) is 0 Å². The summed E-state index contributed by atoms with van der Waals surface area (Å²) in [7, 11) is 1.41. The Morgan fingerprint density at radius 2 is 1.62 bits per heavy atom. The van der Waals surface area contributed by atoms with Crippen molar-refractivity contribution >= 4 is 17.7 Å². The van der Waals surface area contributed by atoms with Crippen molar-refractivity contribution < 1.29 is 27.9 Å². The van der Waals surface area contributed by atoms with Crippen LogP contribution in [0.15, 0.2) is 97.3 Å². The second-order valence-corrected chi connectivity index (χ2v) is 12.8. The lowest BCUT2D eigenvalue weighted by Gasteiger charge is -2.33. The van der Waals surface area contributed by atoms with Crippen LogP contribution in [0, 0.1) is 23.1 Å². The predicted molar refractivity (Wildman–Crippen MR) is 191 cm³/mol. The van der Waals surface area contributed by atoms with Gasteiger partial charge in [0.2, 0.25) is 11.8 Å². The van der Waals surface area contributed by atoms with Gasteiger partial charge < -0.3 is 20.3 Å². The monoisotopic (exact) mass is 708 g/mol. The van der Waals surface area contributed by atoms with Gasteiger partial charge >= 0.3 is 0 Å². The lowest BCUT2D eigenvalue weighted by atomic mass is 9.98. The molecule has 3 amide bonds. The summed E-state index contributed by atoms with van der Waals surface area (Å²) in [5, 5.41) is 16.4. The van der Waals surface area contributed by atoms with Crippen molar-refractivity contribution in [2.24, 2.45) is 0 Å². The van der Waals surface area contributed by atoms with Crippen LogP contribution in [-0.4, -0.2) is 84.0 Å². The molecule has 4 aromatic rings. The van der Waals surface area contributed by atoms with E-state index in [0.717, 1.165) is 53.1 Å². The number of amides is 3. The number of likely N-dealkylation sites (N-methyl/N-ethyl adjacent to an activating group) is 1. The number of nitrogens with one attached hydrogen (secondary N) is 2. The molecule has 10 nitrogen and oxygen atoms in total. The van der Waals surface area contributed by atoms with Gasteiger partial charge in [0.15, 0.2) is 17.8 Å². The second kappa shape index (κ2) is 18.6. The molecule has 2 heterocycles. The Morgan fingerprint density at radius 1 is 0.923 bits per heavy atom. The summed E-state index contributed by atoms with van der Waals surface area (Å²) in [5.74, 6) is -4.06. The topological polar surface area (TPSA) is 128 Å². The van der Waals surface area contributed by atoms with E-state index in [9.17, 15) is 28.4 Å². The van der Waals surface area contributed by atoms with E-state index in [1.54, 1.807) is 12.4 Å². The summed E-state index contributed by atoms with van der Waals surface area (Å²) in [5.41, 5.74) is 3.84. The van der Waals surface area contributed by atoms with Crippen molar-refractivity contribution in [1.82, 2.24) is 25.4 Å². The molecular weight excluding hydrogens is 666 g/mol. The van der Waals surface area contributed by atoms with E-state index in [-0.39, 0.29) is 37.6 Å². The van der Waals surface area contributed by atoms with E-state index in [1.807, 2.05) is 72.9 Å². The second-order valence-electron chi connectivity index (χ2n) is 12.8. The molecule has 0 spiro atoms. The maximum Gasteiger partial charge on any atom is 0.262 e. The Hall–Kier alpha value is -5.51. The minimum Gasteiger partial charge on any atom is -0.370 e. The van der Waals surface area contributed by atoms with Gasteiger partial charge in [-0.15, -0.1) is 0 Å². The number of carbonyl (C=O) groups is 3. The highest BCUT2D eigenvalue weighted by Gasteiger charge is 2.37. The molecule has 1 fully saturated rings. The van der Waals surface area contributed by atoms with Crippen molar-refractivity contribution in [3.8, 4) is 17.3 Å². The number of carbonyl (C=O) groups excluding carboxylic acids is 3. The van der Waals surface area contributed by atoms with Gasteiger partial charge in [0.25, 0.3) is 5.91 Å². The zero-order valence-corrected chi connectivity index (χ0v) is 29.0. The molecule has 0 unspecified atom stereocenters. The number of nitrogens with zero attached hydrogens (tertiary/aromatic N) is 4. The van der Waals surface area contributed by atoms with Crippen molar-refractivity contribution in [3.05, 3.63) is 126 Å². The molecule has 1 aliphatic heterocycles. The maximum atomic E-state index is 14.5. The minimum atomic E-state index is -1.34. The minimum absolute atomic E-state index is 0.0384. The number of ether oxygens (including phenoxy) is 1. The number of halogens is 2. The largest absolute Gasteiger partial charge is 0.370 e. The average molecular weight is 709 g/mol. The van der Waals surface area contributed by atoms with Crippen LogP contribution in [-0.2, 0) is 38.4 Å². The van der Waals surface area contributed by atoms with E-state index in [1.165, 1.54) is 18.0 Å². The molecular formula is C40H42F2N6O4. The Morgan fingerprint density at radius 3 is 2.29 bits per heavy atom. The first-order chi connectivity index (χ1) is 25.2. The van der Waals surface area contributed by atoms with Crippen LogP contribution < -0.4 is 10.6 Å². The fourth-order valence-corrected chi connectivity index (χ4v) is 6.21. The van der Waals surface area contributed by atoms with Crippen molar-refractivity contribution in [2.75, 3.05) is 33.4 Å². The molecule has 1 saturated heterocycles. The fraction of sp³-hybridized carbons (Fsp3) is 0.325. The third-order valence-electron chi connectivity index (χ3n) is 9.16. The molecule has 52 heavy (non-hydrogen) atoms. The van der Waals surface area contributed by atoms with E-state index in [4.69, 9.17) is 4.74 Å². The number of pyridine rings is 1. The summed E-state index contributed by atoms with van der Waals surface area (Å²) in [6.07, 6.45) is 7.39. The molecule has 1 aliphatic rings. The highest BCUT2D eigenvalue weighted by atomic mass is 19.2. The third kappa shape index (κ3) is 10.3. The molecule has 2 N–H and O–H groups in total. The van der Waals surface area contributed by atoms with Gasteiger partial charge in [0, 0.05) is 44.9 Å². The van der Waals surface area contributed by atoms with Crippen molar-refractivity contribution in [2.45, 2.75) is 50.2 Å². The van der Waals surface area contributed by atoms with Crippen molar-refractivity contribution in [1.29, 1.82) is 5.26 Å². The number of aromatic nitrogens is 1. The first-order valence-electron chi connectivity index (χ1n) is 17.3. The molecule has 12 heteroatoms. The normalized spacial score (nSPS) is 14.9. The van der Waals surface area contributed by atoms with Crippen molar-refractivity contribution in [3.63, 3.8) is 0 Å². The molecule has 270 valence electrons. The zero-order chi connectivity index (χ0) is 36.9. The standard InChI is InChI=1S/C40H42F2N6O4/c1-47(36(24-30-11-14-34(41)35(42)22-30)39(50)46-21-17-28-15-19-44-20-16-28)40(51)37(48(27-43)38(49)26-52-25-33-8-5-18-45-33)23-29-9-12-32(13-10-29)31-6-3-2-4-7-31/h2-4,6-7,9-16,19-20,22,33,36-37,45H,5,8,17-18,21,23-26H2,1H3,(H,46,50)/t33-,36+,37+/m0/s1. The van der Waals surface area contributed by atoms with Gasteiger partial charge in [0.1, 0.15) is 18.7 Å². The third-order valence-corrected chi connectivity index (χ3v) is 9.16. The molecule has 0 saturated carbocycles. The number of hydrogen-bond acceptors (Lipinski definition) is 7. The SMILES string of the molecule is CN(C(=O)[C@@H](Cc1ccc(-c2ccccc2)cc1)N(C#N)C(=O)COC[C@@H]1CCCN1)[C@H](Cc1ccc(F)c(F)c1)C(=O)NCCc1ccncc1. The molecule has 0 bridgehead atoms. The van der Waals surface area contributed by atoms with Gasteiger partial charge in [-0.25, -0.2) is 13.7 Å². The molecule has 3 aromatic carbocycles. The number of nitriles is 1. The van der Waals surface area contributed by atoms with Crippen LogP contribution >= 0.6 is 0 Å². The summed E-state index contributed by atoms with van der Waals surface area (Å²) in [6, 6.07) is 21.7. The molecule has 0 radical (unpaired) electrons. The smallest absolute Gasteiger partial charge is 0.262 e. The molecule has 1 aromatic heterocycles. The summed E-state index contributed by atoms with van der Waals surface area (Å²) in [4.78, 5) is 47.8. The van der Waals surface area contributed by atoms with Crippen LogP contribution in [0.25, 0.3) is 11.1 Å². The maximum absolute atomic E-state index is 14.5. The van der Waals surface area contributed by atoms with Gasteiger partial charge in [-0.05, 0) is 77.9 Å². The van der Waals surface area contributed by atoms with Crippen LogP contribution in [0.2, 0.25) is 0 Å². The van der Waals surface area contributed by atoms with E-state index in [0.29, 0.717) is 12.0 Å². The van der Waals surface area contributed by atoms with Gasteiger partial charge in [-0.2, -0.15) is 5.26 Å². The lowest BCUT2D eigenvalue weighted by Crippen LogP contribution is -2.56. The van der Waals surface area contributed by atoms with Gasteiger partial charge in [-0.3, -0.25) is 19.4 Å². The van der Waals surface area contributed by atoms with Crippen LogP contribution in [0.1, 0.15) is 29.5 Å². The Kier molecular flexibility index (Phi) is 13.5. The van der Waals surface area contributed by atoms with E-state index < -0.39 is 48.0 Å². The van der Waals surface area contributed by atoms with Crippen LogP contribution in [0.3, 0.4) is 0 Å². The molecule has 0 aliphatic carbocycles. The lowest BCUT2D eigenvalue weighted by molar-refractivity contribution is -0.147. The average Bonchev–Trinajstić information content (AvgIpc) is 3.69. The number of hydrogen-bond donors (Lipinski definition) is 2. The van der Waals surface area contributed by atoms with Crippen LogP contribution in [0.4, 0.5) is 8.78 Å². The Balaban J connectivity index is 1.40. The molecule has 5 rings (SSSR count).